The largest absolute Gasteiger partial charge is 0.346 e. The van der Waals surface area contributed by atoms with Gasteiger partial charge in [-0.1, -0.05) is 42.5 Å². The van der Waals surface area contributed by atoms with E-state index in [2.05, 4.69) is 16.3 Å². The molecular formula is C20H22N4OS. The van der Waals surface area contributed by atoms with E-state index in [9.17, 15) is 4.79 Å². The van der Waals surface area contributed by atoms with Crippen molar-refractivity contribution in [3.63, 3.8) is 0 Å². The molecule has 5 nitrogen and oxygen atoms in total. The molecule has 1 N–H and O–H groups in total. The molecule has 0 unspecified atom stereocenters. The predicted molar refractivity (Wildman–Crippen MR) is 107 cm³/mol. The average Bonchev–Trinajstić information content (AvgIpc) is 2.67. The van der Waals surface area contributed by atoms with E-state index >= 15 is 0 Å². The second-order valence-electron chi connectivity index (χ2n) is 6.41. The molecule has 1 heterocycles. The van der Waals surface area contributed by atoms with Gasteiger partial charge in [0, 0.05) is 39.1 Å². The van der Waals surface area contributed by atoms with Crippen LogP contribution in [0.3, 0.4) is 0 Å². The summed E-state index contributed by atoms with van der Waals surface area (Å²) in [6, 6.07) is 16.3. The van der Waals surface area contributed by atoms with E-state index in [1.165, 1.54) is 0 Å². The van der Waals surface area contributed by atoms with Crippen molar-refractivity contribution in [2.45, 2.75) is 12.8 Å². The zero-order chi connectivity index (χ0) is 18.4. The molecule has 26 heavy (non-hydrogen) atoms. The first-order valence-electron chi connectivity index (χ1n) is 8.82. The Morgan fingerprint density at radius 2 is 1.85 bits per heavy atom. The number of carbonyl (C=O) groups excluding carboxylic acids is 1. The second-order valence-corrected chi connectivity index (χ2v) is 6.79. The molecule has 0 aliphatic carbocycles. The summed E-state index contributed by atoms with van der Waals surface area (Å²) in [6.07, 6.45) is 0.857. The normalized spacial score (nSPS) is 14.8. The Labute approximate surface area is 159 Å². The predicted octanol–water partition coefficient (Wildman–Crippen LogP) is 2.31. The zero-order valence-electron chi connectivity index (χ0n) is 14.6. The van der Waals surface area contributed by atoms with E-state index in [0.717, 1.165) is 49.1 Å². The Bertz CT molecular complexity index is 832. The lowest BCUT2D eigenvalue weighted by Crippen LogP contribution is -2.52. The number of amides is 1. The highest BCUT2D eigenvalue weighted by Gasteiger charge is 2.20. The van der Waals surface area contributed by atoms with Crippen LogP contribution in [-0.2, 0) is 11.2 Å². The number of nitrogens with zero attached hydrogens (tertiary/aromatic N) is 3. The van der Waals surface area contributed by atoms with E-state index in [-0.39, 0.29) is 5.91 Å². The second kappa shape index (κ2) is 8.75. The number of nitriles is 1. The lowest BCUT2D eigenvalue weighted by atomic mass is 10.0. The van der Waals surface area contributed by atoms with Crippen molar-refractivity contribution < 1.29 is 4.79 Å². The summed E-state index contributed by atoms with van der Waals surface area (Å²) in [4.78, 5) is 16.7. The van der Waals surface area contributed by atoms with E-state index in [0.29, 0.717) is 18.0 Å². The summed E-state index contributed by atoms with van der Waals surface area (Å²) in [5.74, 6) is -0.0849. The number of benzene rings is 2. The van der Waals surface area contributed by atoms with Crippen LogP contribution in [-0.4, -0.2) is 53.5 Å². The molecule has 6 heteroatoms. The Morgan fingerprint density at radius 3 is 2.62 bits per heavy atom. The molecule has 0 atom stereocenters. The van der Waals surface area contributed by atoms with Crippen LogP contribution < -0.4 is 5.32 Å². The number of thiocarbonyl (C=S) groups is 1. The van der Waals surface area contributed by atoms with Crippen LogP contribution in [0.1, 0.15) is 12.0 Å². The van der Waals surface area contributed by atoms with Crippen molar-refractivity contribution >= 4 is 34.0 Å². The highest BCUT2D eigenvalue weighted by atomic mass is 32.1. The first-order valence-corrected chi connectivity index (χ1v) is 9.23. The van der Waals surface area contributed by atoms with Gasteiger partial charge in [0.2, 0.25) is 5.91 Å². The van der Waals surface area contributed by atoms with Gasteiger partial charge in [-0.2, -0.15) is 5.26 Å². The van der Waals surface area contributed by atoms with Crippen LogP contribution >= 0.6 is 12.2 Å². The van der Waals surface area contributed by atoms with Crippen molar-refractivity contribution in [1.29, 1.82) is 5.26 Å². The Hall–Kier alpha value is -2.49. The van der Waals surface area contributed by atoms with Crippen molar-refractivity contribution in [3.05, 3.63) is 48.0 Å². The Morgan fingerprint density at radius 1 is 1.12 bits per heavy atom. The summed E-state index contributed by atoms with van der Waals surface area (Å²) >= 11 is 5.41. The number of carbonyl (C=O) groups is 1. The fourth-order valence-corrected chi connectivity index (χ4v) is 3.54. The van der Waals surface area contributed by atoms with Gasteiger partial charge < -0.3 is 10.2 Å². The van der Waals surface area contributed by atoms with Gasteiger partial charge in [-0.05, 0) is 28.6 Å². The number of nitrogens with one attached hydrogen (secondary N) is 1. The monoisotopic (exact) mass is 366 g/mol. The van der Waals surface area contributed by atoms with Gasteiger partial charge in [0.05, 0.1) is 12.5 Å². The summed E-state index contributed by atoms with van der Waals surface area (Å²) in [7, 11) is 0. The Balaban J connectivity index is 1.53. The fourth-order valence-electron chi connectivity index (χ4n) is 3.24. The molecule has 0 spiro atoms. The van der Waals surface area contributed by atoms with Crippen molar-refractivity contribution in [3.8, 4) is 6.07 Å². The van der Waals surface area contributed by atoms with E-state index < -0.39 is 0 Å². The first kappa shape index (κ1) is 18.3. The smallest absolute Gasteiger partial charge is 0.230 e. The number of rotatable bonds is 4. The lowest BCUT2D eigenvalue weighted by molar-refractivity contribution is -0.119. The number of piperazine rings is 1. The van der Waals surface area contributed by atoms with Crippen LogP contribution in [0.15, 0.2) is 42.5 Å². The number of hydrogen-bond acceptors (Lipinski definition) is 4. The quantitative estimate of drug-likeness (QED) is 0.842. The summed E-state index contributed by atoms with van der Waals surface area (Å²) in [6.45, 7) is 4.07. The highest BCUT2D eigenvalue weighted by Crippen LogP contribution is 2.18. The third-order valence-corrected chi connectivity index (χ3v) is 5.04. The average molecular weight is 366 g/mol. The van der Waals surface area contributed by atoms with Gasteiger partial charge in [0.25, 0.3) is 0 Å². The minimum atomic E-state index is -0.0849. The van der Waals surface area contributed by atoms with Gasteiger partial charge in [-0.25, -0.2) is 0 Å². The van der Waals surface area contributed by atoms with Crippen molar-refractivity contribution in [2.75, 3.05) is 32.7 Å². The van der Waals surface area contributed by atoms with Crippen molar-refractivity contribution in [2.24, 2.45) is 0 Å². The maximum Gasteiger partial charge on any atom is 0.230 e. The minimum absolute atomic E-state index is 0.0849. The first-order chi connectivity index (χ1) is 12.7. The van der Waals surface area contributed by atoms with Gasteiger partial charge >= 0.3 is 0 Å². The number of fused-ring (bicyclic) bond motifs is 1. The molecule has 2 aromatic carbocycles. The molecule has 1 saturated heterocycles. The Kier molecular flexibility index (Phi) is 6.16. The third-order valence-electron chi connectivity index (χ3n) is 4.68. The molecule has 1 amide bonds. The molecule has 0 aromatic heterocycles. The van der Waals surface area contributed by atoms with Gasteiger partial charge in [0.1, 0.15) is 0 Å². The third kappa shape index (κ3) is 4.57. The summed E-state index contributed by atoms with van der Waals surface area (Å²) in [5, 5.41) is 14.3. The SMILES string of the molecule is N#CCCN1CCN(C(=S)NC(=O)Cc2cccc3ccccc23)CC1. The standard InChI is InChI=1S/C20H22N4OS/c21-9-4-10-23-11-13-24(14-12-23)20(26)22-19(25)15-17-7-3-6-16-5-1-2-8-18(16)17/h1-3,5-8H,4,10-15H2,(H,22,25,26). The van der Waals surface area contributed by atoms with E-state index in [1.54, 1.807) is 0 Å². The van der Waals surface area contributed by atoms with Crippen LogP contribution in [0.4, 0.5) is 0 Å². The fraction of sp³-hybridized carbons (Fsp3) is 0.350. The van der Waals surface area contributed by atoms with Gasteiger partial charge in [-0.15, -0.1) is 0 Å². The summed E-state index contributed by atoms with van der Waals surface area (Å²) in [5.41, 5.74) is 1.00. The molecule has 2 aromatic rings. The summed E-state index contributed by atoms with van der Waals surface area (Å²) < 4.78 is 0. The molecule has 1 aliphatic rings. The van der Waals surface area contributed by atoms with Crippen molar-refractivity contribution in [1.82, 2.24) is 15.1 Å². The molecule has 134 valence electrons. The van der Waals surface area contributed by atoms with Crippen LogP contribution in [0.2, 0.25) is 0 Å². The minimum Gasteiger partial charge on any atom is -0.346 e. The maximum absolute atomic E-state index is 12.4. The lowest BCUT2D eigenvalue weighted by Gasteiger charge is -2.35. The zero-order valence-corrected chi connectivity index (χ0v) is 15.5. The molecule has 1 fully saturated rings. The number of hydrogen-bond donors (Lipinski definition) is 1. The van der Waals surface area contributed by atoms with Gasteiger partial charge in [0.15, 0.2) is 5.11 Å². The van der Waals surface area contributed by atoms with Gasteiger partial charge in [-0.3, -0.25) is 9.69 Å². The van der Waals surface area contributed by atoms with Crippen LogP contribution in [0.5, 0.6) is 0 Å². The highest BCUT2D eigenvalue weighted by molar-refractivity contribution is 7.80. The molecule has 3 rings (SSSR count). The van der Waals surface area contributed by atoms with E-state index in [4.69, 9.17) is 17.5 Å². The molecule has 1 aliphatic heterocycles. The maximum atomic E-state index is 12.4. The molecule has 0 radical (unpaired) electrons. The van der Waals surface area contributed by atoms with E-state index in [1.807, 2.05) is 47.4 Å². The molecule has 0 saturated carbocycles. The topological polar surface area (TPSA) is 59.4 Å². The molecular weight excluding hydrogens is 344 g/mol. The van der Waals surface area contributed by atoms with Crippen LogP contribution in [0, 0.1) is 11.3 Å². The van der Waals surface area contributed by atoms with Crippen LogP contribution in [0.25, 0.3) is 10.8 Å². The molecule has 0 bridgehead atoms.